The molecule has 2 aliphatic rings. The molecule has 2 aliphatic carbocycles. The zero-order chi connectivity index (χ0) is 17.3. The lowest BCUT2D eigenvalue weighted by molar-refractivity contribution is -0.314. The molecule has 1 aromatic carbocycles. The van der Waals surface area contributed by atoms with Gasteiger partial charge in [-0.05, 0) is 62.3 Å². The molecule has 1 amide bonds. The second-order valence-electron chi connectivity index (χ2n) is 6.49. The monoisotopic (exact) mass is 330 g/mol. The molecule has 0 aliphatic heterocycles. The van der Waals surface area contributed by atoms with Gasteiger partial charge in [0.2, 0.25) is 5.91 Å². The van der Waals surface area contributed by atoms with Crippen LogP contribution in [0.4, 0.5) is 5.69 Å². The lowest BCUT2D eigenvalue weighted by Crippen LogP contribution is -2.43. The van der Waals surface area contributed by atoms with Crippen LogP contribution in [0.25, 0.3) is 0 Å². The van der Waals surface area contributed by atoms with Crippen molar-refractivity contribution in [3.8, 4) is 0 Å². The molecule has 128 valence electrons. The van der Waals surface area contributed by atoms with E-state index in [0.29, 0.717) is 17.9 Å². The number of carbonyl (C=O) groups excluding carboxylic acids is 3. The Morgan fingerprint density at radius 1 is 1.12 bits per heavy atom. The molecule has 24 heavy (non-hydrogen) atoms. The normalized spacial score (nSPS) is 27.7. The summed E-state index contributed by atoms with van der Waals surface area (Å²) in [4.78, 5) is 35.6. The quantitative estimate of drug-likeness (QED) is 0.819. The van der Waals surface area contributed by atoms with E-state index in [1.807, 2.05) is 0 Å². The minimum Gasteiger partial charge on any atom is -0.550 e. The van der Waals surface area contributed by atoms with Crippen LogP contribution in [-0.4, -0.2) is 24.5 Å². The van der Waals surface area contributed by atoms with Crippen LogP contribution >= 0.6 is 0 Å². The fourth-order valence-corrected chi connectivity index (χ4v) is 4.14. The molecular weight excluding hydrogens is 310 g/mol. The Bertz CT molecular complexity index is 654. The van der Waals surface area contributed by atoms with Gasteiger partial charge in [0.05, 0.1) is 12.2 Å². The van der Waals surface area contributed by atoms with Crippen molar-refractivity contribution >= 4 is 23.5 Å². The van der Waals surface area contributed by atoms with E-state index in [0.717, 1.165) is 19.3 Å². The molecular formula is C18H20NO5-. The van der Waals surface area contributed by atoms with E-state index in [4.69, 9.17) is 4.74 Å². The highest BCUT2D eigenvalue weighted by Crippen LogP contribution is 2.52. The van der Waals surface area contributed by atoms with E-state index in [1.54, 1.807) is 31.2 Å². The summed E-state index contributed by atoms with van der Waals surface area (Å²) in [5.41, 5.74) is 0.940. The Morgan fingerprint density at radius 2 is 1.75 bits per heavy atom. The standard InChI is InChI=1S/C18H21NO5/c1-2-24-18(23)10-5-7-13(8-6-10)19-16(20)14-11-3-4-12(9-11)15(14)17(21)22/h5-8,11-12,14-15H,2-4,9H2,1H3,(H,19,20)(H,21,22)/p-1/t11-,12-,14+,15+/m0/s1. The average molecular weight is 330 g/mol. The van der Waals surface area contributed by atoms with Crippen molar-refractivity contribution in [1.82, 2.24) is 0 Å². The third-order valence-electron chi connectivity index (χ3n) is 5.15. The first-order chi connectivity index (χ1) is 11.5. The number of amides is 1. The summed E-state index contributed by atoms with van der Waals surface area (Å²) in [5.74, 6) is -2.86. The third-order valence-corrected chi connectivity index (χ3v) is 5.15. The van der Waals surface area contributed by atoms with Gasteiger partial charge in [0.25, 0.3) is 0 Å². The summed E-state index contributed by atoms with van der Waals surface area (Å²) in [6, 6.07) is 6.38. The van der Waals surface area contributed by atoms with E-state index < -0.39 is 23.8 Å². The Balaban J connectivity index is 1.68. The third kappa shape index (κ3) is 3.00. The maximum atomic E-state index is 12.5. The van der Waals surface area contributed by atoms with Crippen LogP contribution in [0.1, 0.15) is 36.5 Å². The highest BCUT2D eigenvalue weighted by atomic mass is 16.5. The van der Waals surface area contributed by atoms with Gasteiger partial charge in [0, 0.05) is 23.5 Å². The summed E-state index contributed by atoms with van der Waals surface area (Å²) < 4.78 is 4.91. The van der Waals surface area contributed by atoms with Gasteiger partial charge in [-0.3, -0.25) is 4.79 Å². The number of carboxylic acid groups (broad SMARTS) is 1. The topological polar surface area (TPSA) is 95.5 Å². The minimum absolute atomic E-state index is 0.0574. The number of aliphatic carboxylic acids is 1. The number of ether oxygens (including phenoxy) is 1. The summed E-state index contributed by atoms with van der Waals surface area (Å²) in [7, 11) is 0. The molecule has 2 saturated carbocycles. The minimum atomic E-state index is -1.12. The first-order valence-electron chi connectivity index (χ1n) is 8.30. The second kappa shape index (κ2) is 6.63. The number of rotatable bonds is 5. The number of fused-ring (bicyclic) bond motifs is 2. The predicted octanol–water partition coefficient (Wildman–Crippen LogP) is 1.21. The van der Waals surface area contributed by atoms with Crippen LogP contribution < -0.4 is 10.4 Å². The van der Waals surface area contributed by atoms with Crippen molar-refractivity contribution < 1.29 is 24.2 Å². The molecule has 3 rings (SSSR count). The molecule has 0 radical (unpaired) electrons. The molecule has 0 aromatic heterocycles. The highest BCUT2D eigenvalue weighted by molar-refractivity contribution is 5.96. The van der Waals surface area contributed by atoms with Gasteiger partial charge < -0.3 is 20.0 Å². The Labute approximate surface area is 140 Å². The summed E-state index contributed by atoms with van der Waals surface area (Å²) in [6.45, 7) is 2.03. The van der Waals surface area contributed by atoms with Gasteiger partial charge in [-0.2, -0.15) is 0 Å². The van der Waals surface area contributed by atoms with Crippen molar-refractivity contribution in [2.45, 2.75) is 26.2 Å². The Kier molecular flexibility index (Phi) is 4.55. The van der Waals surface area contributed by atoms with Crippen LogP contribution in [0, 0.1) is 23.7 Å². The molecule has 0 heterocycles. The highest BCUT2D eigenvalue weighted by Gasteiger charge is 2.51. The lowest BCUT2D eigenvalue weighted by atomic mass is 9.78. The van der Waals surface area contributed by atoms with E-state index in [1.165, 1.54) is 0 Å². The van der Waals surface area contributed by atoms with Crippen molar-refractivity contribution in [3.63, 3.8) is 0 Å². The summed E-state index contributed by atoms with van der Waals surface area (Å²) in [6.07, 6.45) is 2.55. The van der Waals surface area contributed by atoms with Crippen LogP contribution in [0.5, 0.6) is 0 Å². The SMILES string of the molecule is CCOC(=O)c1ccc(NC(=O)[C@@H]2[C@H]3CC[C@@H](C3)[C@H]2C(=O)[O-])cc1. The Hall–Kier alpha value is -2.37. The molecule has 4 atom stereocenters. The number of hydrogen-bond donors (Lipinski definition) is 1. The van der Waals surface area contributed by atoms with Gasteiger partial charge in [0.1, 0.15) is 0 Å². The number of carboxylic acids is 1. The van der Waals surface area contributed by atoms with E-state index in [-0.39, 0.29) is 17.7 Å². The first-order valence-corrected chi connectivity index (χ1v) is 8.30. The molecule has 0 saturated heterocycles. The number of nitrogens with one attached hydrogen (secondary N) is 1. The van der Waals surface area contributed by atoms with Crippen molar-refractivity contribution in [2.75, 3.05) is 11.9 Å². The van der Waals surface area contributed by atoms with E-state index >= 15 is 0 Å². The average Bonchev–Trinajstić information content (AvgIpc) is 3.16. The smallest absolute Gasteiger partial charge is 0.338 e. The van der Waals surface area contributed by atoms with Crippen molar-refractivity contribution in [1.29, 1.82) is 0 Å². The number of benzene rings is 1. The molecule has 0 spiro atoms. The molecule has 6 nitrogen and oxygen atoms in total. The zero-order valence-corrected chi connectivity index (χ0v) is 13.5. The Morgan fingerprint density at radius 3 is 2.33 bits per heavy atom. The number of hydrogen-bond acceptors (Lipinski definition) is 5. The number of carbonyl (C=O) groups is 3. The van der Waals surface area contributed by atoms with E-state index in [9.17, 15) is 19.5 Å². The van der Waals surface area contributed by atoms with E-state index in [2.05, 4.69) is 5.32 Å². The maximum Gasteiger partial charge on any atom is 0.338 e. The van der Waals surface area contributed by atoms with Crippen LogP contribution in [0.2, 0.25) is 0 Å². The lowest BCUT2D eigenvalue weighted by Gasteiger charge is -2.30. The molecule has 1 N–H and O–H groups in total. The predicted molar refractivity (Wildman–Crippen MR) is 83.8 cm³/mol. The van der Waals surface area contributed by atoms with Crippen molar-refractivity contribution in [2.24, 2.45) is 23.7 Å². The van der Waals surface area contributed by atoms with Gasteiger partial charge in [-0.1, -0.05) is 0 Å². The molecule has 0 unspecified atom stereocenters. The first kappa shape index (κ1) is 16.5. The number of esters is 1. The maximum absolute atomic E-state index is 12.5. The fourth-order valence-electron chi connectivity index (χ4n) is 4.14. The zero-order valence-electron chi connectivity index (χ0n) is 13.5. The largest absolute Gasteiger partial charge is 0.550 e. The van der Waals surface area contributed by atoms with Crippen LogP contribution in [0.3, 0.4) is 0 Å². The molecule has 1 aromatic rings. The second-order valence-corrected chi connectivity index (χ2v) is 6.49. The molecule has 6 heteroatoms. The summed E-state index contributed by atoms with van der Waals surface area (Å²) >= 11 is 0. The van der Waals surface area contributed by atoms with Crippen molar-refractivity contribution in [3.05, 3.63) is 29.8 Å². The summed E-state index contributed by atoms with van der Waals surface area (Å²) in [5, 5.41) is 14.2. The van der Waals surface area contributed by atoms with Gasteiger partial charge in [-0.25, -0.2) is 4.79 Å². The van der Waals surface area contributed by atoms with Gasteiger partial charge in [-0.15, -0.1) is 0 Å². The van der Waals surface area contributed by atoms with Crippen LogP contribution in [-0.2, 0) is 14.3 Å². The number of anilines is 1. The molecule has 2 fully saturated rings. The van der Waals surface area contributed by atoms with Crippen LogP contribution in [0.15, 0.2) is 24.3 Å². The fraction of sp³-hybridized carbons (Fsp3) is 0.500. The van der Waals surface area contributed by atoms with Gasteiger partial charge in [0.15, 0.2) is 0 Å². The molecule has 2 bridgehead atoms. The van der Waals surface area contributed by atoms with Gasteiger partial charge >= 0.3 is 5.97 Å².